The van der Waals surface area contributed by atoms with E-state index in [9.17, 15) is 9.18 Å². The van der Waals surface area contributed by atoms with Crippen LogP contribution in [-0.2, 0) is 0 Å². The minimum atomic E-state index is -0.531. The van der Waals surface area contributed by atoms with Crippen LogP contribution in [0.2, 0.25) is 0 Å². The van der Waals surface area contributed by atoms with E-state index in [1.807, 2.05) is 13.8 Å². The zero-order valence-electron chi connectivity index (χ0n) is 9.89. The number of carbonyl (C=O) groups excluding carboxylic acids is 1. The molecule has 17 heavy (non-hydrogen) atoms. The highest BCUT2D eigenvalue weighted by atomic mass is 79.9. The van der Waals surface area contributed by atoms with Crippen molar-refractivity contribution in [1.82, 2.24) is 5.32 Å². The fraction of sp³-hybridized carbons (Fsp3) is 0.417. The van der Waals surface area contributed by atoms with Crippen LogP contribution in [0.5, 0.6) is 0 Å². The molecule has 0 atom stereocenters. The summed E-state index contributed by atoms with van der Waals surface area (Å²) in [5.74, 6) is -0.957. The van der Waals surface area contributed by atoms with Crippen LogP contribution in [-0.4, -0.2) is 19.0 Å². The lowest BCUT2D eigenvalue weighted by atomic mass is 9.94. The number of halogens is 2. The second-order valence-corrected chi connectivity index (χ2v) is 5.59. The molecule has 3 nitrogen and oxygen atoms in total. The van der Waals surface area contributed by atoms with Gasteiger partial charge in [0.15, 0.2) is 0 Å². The van der Waals surface area contributed by atoms with E-state index >= 15 is 0 Å². The predicted octanol–water partition coefficient (Wildman–Crippen LogP) is 2.30. The summed E-state index contributed by atoms with van der Waals surface area (Å²) in [5.41, 5.74) is 5.39. The molecule has 0 radical (unpaired) electrons. The van der Waals surface area contributed by atoms with Gasteiger partial charge in [-0.2, -0.15) is 0 Å². The summed E-state index contributed by atoms with van der Waals surface area (Å²) in [6, 6.07) is 4.27. The molecule has 0 saturated heterocycles. The SMILES string of the molecule is CC(C)(CN)CNC(=O)c1cc(Br)ccc1F. The third-order valence-corrected chi connectivity index (χ3v) is 2.95. The normalized spacial score (nSPS) is 11.4. The average Bonchev–Trinajstić information content (AvgIpc) is 2.29. The molecule has 94 valence electrons. The number of hydrogen-bond acceptors (Lipinski definition) is 2. The van der Waals surface area contributed by atoms with Crippen molar-refractivity contribution < 1.29 is 9.18 Å². The molecule has 0 aromatic heterocycles. The van der Waals surface area contributed by atoms with Gasteiger partial charge in [0.05, 0.1) is 5.56 Å². The molecule has 1 aromatic rings. The lowest BCUT2D eigenvalue weighted by Gasteiger charge is -2.22. The Morgan fingerprint density at radius 1 is 1.53 bits per heavy atom. The van der Waals surface area contributed by atoms with E-state index in [-0.39, 0.29) is 11.0 Å². The van der Waals surface area contributed by atoms with E-state index in [1.165, 1.54) is 12.1 Å². The topological polar surface area (TPSA) is 55.1 Å². The maximum absolute atomic E-state index is 13.4. The molecule has 3 N–H and O–H groups in total. The van der Waals surface area contributed by atoms with Crippen LogP contribution in [0.25, 0.3) is 0 Å². The first kappa shape index (κ1) is 14.1. The Kier molecular flexibility index (Phi) is 4.65. The Morgan fingerprint density at radius 3 is 2.76 bits per heavy atom. The van der Waals surface area contributed by atoms with Crippen LogP contribution < -0.4 is 11.1 Å². The molecular weight excluding hydrogens is 287 g/mol. The van der Waals surface area contributed by atoms with Crippen LogP contribution in [0.4, 0.5) is 4.39 Å². The molecule has 1 amide bonds. The van der Waals surface area contributed by atoms with Gasteiger partial charge in [0.25, 0.3) is 5.91 Å². The summed E-state index contributed by atoms with van der Waals surface area (Å²) in [7, 11) is 0. The highest BCUT2D eigenvalue weighted by molar-refractivity contribution is 9.10. The molecule has 0 aliphatic heterocycles. The summed E-state index contributed by atoms with van der Waals surface area (Å²) in [6.45, 7) is 4.73. The monoisotopic (exact) mass is 302 g/mol. The van der Waals surface area contributed by atoms with Crippen molar-refractivity contribution in [3.8, 4) is 0 Å². The van der Waals surface area contributed by atoms with Crippen molar-refractivity contribution in [2.75, 3.05) is 13.1 Å². The number of rotatable bonds is 4. The van der Waals surface area contributed by atoms with Gasteiger partial charge in [-0.3, -0.25) is 4.79 Å². The molecule has 1 aromatic carbocycles. The van der Waals surface area contributed by atoms with Crippen LogP contribution >= 0.6 is 15.9 Å². The molecule has 0 saturated carbocycles. The van der Waals surface area contributed by atoms with Gasteiger partial charge in [0, 0.05) is 11.0 Å². The molecule has 0 fully saturated rings. The smallest absolute Gasteiger partial charge is 0.254 e. The fourth-order valence-corrected chi connectivity index (χ4v) is 1.52. The Balaban J connectivity index is 2.74. The Hall–Kier alpha value is -0.940. The van der Waals surface area contributed by atoms with Crippen molar-refractivity contribution in [3.05, 3.63) is 34.1 Å². The van der Waals surface area contributed by atoms with E-state index in [1.54, 1.807) is 6.07 Å². The third kappa shape index (κ3) is 4.09. The van der Waals surface area contributed by atoms with Gasteiger partial charge in [0.1, 0.15) is 5.82 Å². The predicted molar refractivity (Wildman–Crippen MR) is 69.3 cm³/mol. The molecule has 0 aliphatic rings. The molecule has 0 spiro atoms. The molecule has 5 heteroatoms. The number of benzene rings is 1. The quantitative estimate of drug-likeness (QED) is 0.897. The van der Waals surface area contributed by atoms with E-state index in [4.69, 9.17) is 5.73 Å². The van der Waals surface area contributed by atoms with Crippen molar-refractivity contribution in [2.45, 2.75) is 13.8 Å². The van der Waals surface area contributed by atoms with Crippen molar-refractivity contribution in [2.24, 2.45) is 11.1 Å². The number of carbonyl (C=O) groups is 1. The van der Waals surface area contributed by atoms with E-state index in [2.05, 4.69) is 21.2 Å². The lowest BCUT2D eigenvalue weighted by molar-refractivity contribution is 0.0934. The lowest BCUT2D eigenvalue weighted by Crippen LogP contribution is -2.38. The van der Waals surface area contributed by atoms with Crippen LogP contribution in [0, 0.1) is 11.2 Å². The van der Waals surface area contributed by atoms with Gasteiger partial charge >= 0.3 is 0 Å². The maximum Gasteiger partial charge on any atom is 0.254 e. The summed E-state index contributed by atoms with van der Waals surface area (Å²) in [6.07, 6.45) is 0. The summed E-state index contributed by atoms with van der Waals surface area (Å²) in [4.78, 5) is 11.8. The molecule has 0 heterocycles. The van der Waals surface area contributed by atoms with Gasteiger partial charge in [-0.25, -0.2) is 4.39 Å². The van der Waals surface area contributed by atoms with Gasteiger partial charge in [0.2, 0.25) is 0 Å². The Labute approximate surface area is 109 Å². The maximum atomic E-state index is 13.4. The first-order valence-corrected chi connectivity index (χ1v) is 6.08. The number of nitrogens with two attached hydrogens (primary N) is 1. The van der Waals surface area contributed by atoms with Crippen LogP contribution in [0.1, 0.15) is 24.2 Å². The number of amides is 1. The summed E-state index contributed by atoms with van der Waals surface area (Å²) in [5, 5.41) is 2.68. The number of hydrogen-bond donors (Lipinski definition) is 2. The van der Waals surface area contributed by atoms with Crippen LogP contribution in [0.15, 0.2) is 22.7 Å². The zero-order chi connectivity index (χ0) is 13.1. The zero-order valence-corrected chi connectivity index (χ0v) is 11.5. The molecule has 0 unspecified atom stereocenters. The standard InChI is InChI=1S/C12H16BrFN2O/c1-12(2,6-15)7-16-11(17)9-5-8(13)3-4-10(9)14/h3-5H,6-7,15H2,1-2H3,(H,16,17). The average molecular weight is 303 g/mol. The first-order valence-electron chi connectivity index (χ1n) is 5.29. The minimum Gasteiger partial charge on any atom is -0.351 e. The highest BCUT2D eigenvalue weighted by Crippen LogP contribution is 2.16. The van der Waals surface area contributed by atoms with Gasteiger partial charge in [-0.15, -0.1) is 0 Å². The third-order valence-electron chi connectivity index (χ3n) is 2.45. The molecule has 0 aliphatic carbocycles. The van der Waals surface area contributed by atoms with E-state index < -0.39 is 11.7 Å². The van der Waals surface area contributed by atoms with Gasteiger partial charge in [-0.05, 0) is 30.2 Å². The second kappa shape index (κ2) is 5.60. The first-order chi connectivity index (χ1) is 7.85. The summed E-state index contributed by atoms with van der Waals surface area (Å²) < 4.78 is 14.1. The number of nitrogens with one attached hydrogen (secondary N) is 1. The second-order valence-electron chi connectivity index (χ2n) is 4.68. The summed E-state index contributed by atoms with van der Waals surface area (Å²) >= 11 is 3.20. The van der Waals surface area contributed by atoms with Crippen LogP contribution in [0.3, 0.4) is 0 Å². The highest BCUT2D eigenvalue weighted by Gasteiger charge is 2.18. The van der Waals surface area contributed by atoms with Gasteiger partial charge < -0.3 is 11.1 Å². The molecular formula is C12H16BrFN2O. The van der Waals surface area contributed by atoms with Crippen molar-refractivity contribution >= 4 is 21.8 Å². The van der Waals surface area contributed by atoms with Crippen molar-refractivity contribution in [3.63, 3.8) is 0 Å². The fourth-order valence-electron chi connectivity index (χ4n) is 1.16. The largest absolute Gasteiger partial charge is 0.351 e. The van der Waals surface area contributed by atoms with Crippen molar-refractivity contribution in [1.29, 1.82) is 0 Å². The van der Waals surface area contributed by atoms with Gasteiger partial charge in [-0.1, -0.05) is 29.8 Å². The van der Waals surface area contributed by atoms with E-state index in [0.29, 0.717) is 17.6 Å². The van der Waals surface area contributed by atoms with E-state index in [0.717, 1.165) is 0 Å². The minimum absolute atomic E-state index is 0.0344. The molecule has 1 rings (SSSR count). The molecule has 0 bridgehead atoms. The Morgan fingerprint density at radius 2 is 2.18 bits per heavy atom. The Bertz CT molecular complexity index is 421.